The number of nitrogens with zero attached hydrogens (tertiary/aromatic N) is 1. The van der Waals surface area contributed by atoms with Gasteiger partial charge >= 0.3 is 0 Å². The standard InChI is InChI=1S/C20H18F2N2O/c21-15-6-7-17(22)16(11-15)14-10-19(13-4-2-1-3-5-13)24(12-14)20(25)18-8-9-23-18/h1-7,10-11,18-19,23H,8-9,12H2/t18-,19?/m0/s1. The number of nitrogens with one attached hydrogen (secondary N) is 1. The molecule has 2 aliphatic rings. The van der Waals surface area contributed by atoms with E-state index < -0.39 is 11.6 Å². The number of benzene rings is 2. The summed E-state index contributed by atoms with van der Waals surface area (Å²) in [6.07, 6.45) is 2.67. The number of amides is 1. The zero-order valence-electron chi connectivity index (χ0n) is 13.6. The van der Waals surface area contributed by atoms with E-state index in [-0.39, 0.29) is 30.1 Å². The second-order valence-electron chi connectivity index (χ2n) is 6.43. The van der Waals surface area contributed by atoms with E-state index in [9.17, 15) is 13.6 Å². The number of carbonyl (C=O) groups excluding carboxylic acids is 1. The molecule has 2 atom stereocenters. The SMILES string of the molecule is O=C([C@@H]1CCN1)N1CC(c2cc(F)ccc2F)=CC1c1ccccc1. The highest BCUT2D eigenvalue weighted by atomic mass is 19.1. The second kappa shape index (κ2) is 6.41. The summed E-state index contributed by atoms with van der Waals surface area (Å²) in [6, 6.07) is 12.6. The topological polar surface area (TPSA) is 32.3 Å². The van der Waals surface area contributed by atoms with Crippen LogP contribution in [0.5, 0.6) is 0 Å². The molecule has 1 fully saturated rings. The highest BCUT2D eigenvalue weighted by molar-refractivity contribution is 5.87. The summed E-state index contributed by atoms with van der Waals surface area (Å²) in [5.74, 6) is -0.960. The van der Waals surface area contributed by atoms with Crippen molar-refractivity contribution in [2.75, 3.05) is 13.1 Å². The smallest absolute Gasteiger partial charge is 0.240 e. The fourth-order valence-corrected chi connectivity index (χ4v) is 3.37. The monoisotopic (exact) mass is 340 g/mol. The van der Waals surface area contributed by atoms with Crippen molar-refractivity contribution >= 4 is 11.5 Å². The molecule has 0 aliphatic carbocycles. The third-order valence-electron chi connectivity index (χ3n) is 4.86. The Morgan fingerprint density at radius 2 is 1.88 bits per heavy atom. The maximum atomic E-state index is 14.2. The van der Waals surface area contributed by atoms with Gasteiger partial charge in [-0.2, -0.15) is 0 Å². The van der Waals surface area contributed by atoms with Crippen molar-refractivity contribution in [2.24, 2.45) is 0 Å². The lowest BCUT2D eigenvalue weighted by molar-refractivity contribution is -0.135. The van der Waals surface area contributed by atoms with Gasteiger partial charge < -0.3 is 10.2 Å². The third-order valence-corrected chi connectivity index (χ3v) is 4.86. The van der Waals surface area contributed by atoms with Gasteiger partial charge in [-0.05, 0) is 42.3 Å². The summed E-state index contributed by atoms with van der Waals surface area (Å²) < 4.78 is 27.8. The summed E-state index contributed by atoms with van der Waals surface area (Å²) >= 11 is 0. The zero-order valence-corrected chi connectivity index (χ0v) is 13.6. The first-order chi connectivity index (χ1) is 12.1. The minimum absolute atomic E-state index is 0.00293. The molecule has 5 heteroatoms. The maximum Gasteiger partial charge on any atom is 0.240 e. The van der Waals surface area contributed by atoms with Gasteiger partial charge in [0, 0.05) is 12.1 Å². The molecule has 2 aromatic carbocycles. The quantitative estimate of drug-likeness (QED) is 0.930. The number of hydrogen-bond donors (Lipinski definition) is 1. The van der Waals surface area contributed by atoms with Crippen LogP contribution in [0.2, 0.25) is 0 Å². The van der Waals surface area contributed by atoms with Crippen LogP contribution in [-0.4, -0.2) is 29.9 Å². The Balaban J connectivity index is 1.71. The van der Waals surface area contributed by atoms with Gasteiger partial charge in [0.1, 0.15) is 11.6 Å². The van der Waals surface area contributed by atoms with Crippen LogP contribution in [0.15, 0.2) is 54.6 Å². The molecule has 1 saturated heterocycles. The molecule has 0 radical (unpaired) electrons. The Hall–Kier alpha value is -2.53. The first-order valence-corrected chi connectivity index (χ1v) is 8.38. The molecule has 1 unspecified atom stereocenters. The normalized spacial score (nSPS) is 22.5. The Bertz CT molecular complexity index is 831. The van der Waals surface area contributed by atoms with Gasteiger partial charge in [0.05, 0.1) is 12.1 Å². The van der Waals surface area contributed by atoms with Crippen molar-refractivity contribution < 1.29 is 13.6 Å². The summed E-state index contributed by atoms with van der Waals surface area (Å²) in [4.78, 5) is 14.5. The van der Waals surface area contributed by atoms with Gasteiger partial charge in [0.2, 0.25) is 5.91 Å². The lowest BCUT2D eigenvalue weighted by Crippen LogP contribution is -2.54. The minimum atomic E-state index is -0.487. The van der Waals surface area contributed by atoms with Crippen molar-refractivity contribution in [3.05, 3.63) is 77.4 Å². The predicted octanol–water partition coefficient (Wildman–Crippen LogP) is 3.29. The average Bonchev–Trinajstić information content (AvgIpc) is 3.01. The summed E-state index contributed by atoms with van der Waals surface area (Å²) in [5, 5.41) is 3.12. The van der Waals surface area contributed by atoms with E-state index in [2.05, 4.69) is 5.32 Å². The van der Waals surface area contributed by atoms with Crippen LogP contribution < -0.4 is 5.32 Å². The number of carbonyl (C=O) groups is 1. The van der Waals surface area contributed by atoms with E-state index in [1.54, 1.807) is 4.90 Å². The van der Waals surface area contributed by atoms with Gasteiger partial charge in [-0.15, -0.1) is 0 Å². The second-order valence-corrected chi connectivity index (χ2v) is 6.43. The van der Waals surface area contributed by atoms with E-state index in [0.717, 1.165) is 30.7 Å². The predicted molar refractivity (Wildman–Crippen MR) is 91.6 cm³/mol. The number of rotatable bonds is 3. The van der Waals surface area contributed by atoms with E-state index >= 15 is 0 Å². The van der Waals surface area contributed by atoms with Gasteiger partial charge in [0.15, 0.2) is 0 Å². The van der Waals surface area contributed by atoms with Crippen LogP contribution >= 0.6 is 0 Å². The highest BCUT2D eigenvalue weighted by Crippen LogP contribution is 2.36. The molecular weight excluding hydrogens is 322 g/mol. The van der Waals surface area contributed by atoms with Crippen LogP contribution in [0.25, 0.3) is 5.57 Å². The Kier molecular flexibility index (Phi) is 4.09. The Morgan fingerprint density at radius 3 is 2.56 bits per heavy atom. The van der Waals surface area contributed by atoms with Crippen molar-refractivity contribution in [1.29, 1.82) is 0 Å². The Labute approximate surface area is 145 Å². The molecule has 4 rings (SSSR count). The summed E-state index contributed by atoms with van der Waals surface area (Å²) in [7, 11) is 0. The fourth-order valence-electron chi connectivity index (χ4n) is 3.37. The van der Waals surface area contributed by atoms with Crippen LogP contribution in [0.1, 0.15) is 23.6 Å². The molecule has 1 amide bonds. The first-order valence-electron chi connectivity index (χ1n) is 8.38. The molecule has 25 heavy (non-hydrogen) atoms. The van der Waals surface area contributed by atoms with Crippen LogP contribution in [0.3, 0.4) is 0 Å². The number of hydrogen-bond acceptors (Lipinski definition) is 2. The molecule has 1 N–H and O–H groups in total. The van der Waals surface area contributed by atoms with Gasteiger partial charge in [-0.1, -0.05) is 36.4 Å². The van der Waals surface area contributed by atoms with Gasteiger partial charge in [-0.3, -0.25) is 4.79 Å². The van der Waals surface area contributed by atoms with Crippen molar-refractivity contribution in [1.82, 2.24) is 10.2 Å². The molecule has 128 valence electrons. The van der Waals surface area contributed by atoms with E-state index in [4.69, 9.17) is 0 Å². The molecule has 0 aromatic heterocycles. The molecule has 0 spiro atoms. The first kappa shape index (κ1) is 16.0. The molecule has 2 aromatic rings. The van der Waals surface area contributed by atoms with Crippen LogP contribution in [0, 0.1) is 11.6 Å². The minimum Gasteiger partial charge on any atom is -0.326 e. The van der Waals surface area contributed by atoms with Gasteiger partial charge in [0.25, 0.3) is 0 Å². The molecular formula is C20H18F2N2O. The molecule has 0 bridgehead atoms. The highest BCUT2D eigenvalue weighted by Gasteiger charge is 2.36. The number of halogens is 2. The van der Waals surface area contributed by atoms with Crippen molar-refractivity contribution in [3.8, 4) is 0 Å². The lowest BCUT2D eigenvalue weighted by atomic mass is 10.0. The van der Waals surface area contributed by atoms with Crippen molar-refractivity contribution in [2.45, 2.75) is 18.5 Å². The summed E-state index contributed by atoms with van der Waals surface area (Å²) in [5.41, 5.74) is 1.82. The molecule has 2 aliphatic heterocycles. The third kappa shape index (κ3) is 2.96. The van der Waals surface area contributed by atoms with E-state index in [1.807, 2.05) is 36.4 Å². The molecule has 3 nitrogen and oxygen atoms in total. The average molecular weight is 340 g/mol. The molecule has 0 saturated carbocycles. The van der Waals surface area contributed by atoms with E-state index in [1.165, 1.54) is 6.07 Å². The van der Waals surface area contributed by atoms with Crippen LogP contribution in [-0.2, 0) is 4.79 Å². The van der Waals surface area contributed by atoms with Crippen molar-refractivity contribution in [3.63, 3.8) is 0 Å². The maximum absolute atomic E-state index is 14.2. The zero-order chi connectivity index (χ0) is 17.4. The Morgan fingerprint density at radius 1 is 1.12 bits per heavy atom. The largest absolute Gasteiger partial charge is 0.326 e. The lowest BCUT2D eigenvalue weighted by Gasteiger charge is -2.34. The molecule has 2 heterocycles. The van der Waals surface area contributed by atoms with Gasteiger partial charge in [-0.25, -0.2) is 8.78 Å². The summed E-state index contributed by atoms with van der Waals surface area (Å²) in [6.45, 7) is 1.11. The van der Waals surface area contributed by atoms with Crippen LogP contribution in [0.4, 0.5) is 8.78 Å². The van der Waals surface area contributed by atoms with E-state index in [0.29, 0.717) is 5.57 Å². The fraction of sp³-hybridized carbons (Fsp3) is 0.250.